The highest BCUT2D eigenvalue weighted by Crippen LogP contribution is 2.20. The molecule has 1 atom stereocenters. The van der Waals surface area contributed by atoms with Gasteiger partial charge < -0.3 is 10.6 Å². The minimum absolute atomic E-state index is 0.0321. The van der Waals surface area contributed by atoms with Crippen LogP contribution in [0, 0.1) is 6.92 Å². The molecule has 1 unspecified atom stereocenters. The lowest BCUT2D eigenvalue weighted by Gasteiger charge is -2.22. The first-order chi connectivity index (χ1) is 8.16. The second-order valence-electron chi connectivity index (χ2n) is 4.46. The minimum Gasteiger partial charge on any atom is -0.325 e. The number of rotatable bonds is 2. The standard InChI is InChI=1S/C13H17ClN2O/c1-9-5-6-10(8-11(9)14)16-13(17)12-4-2-3-7-15-12/h5-6,8,12,15H,2-4,7H2,1H3,(H,16,17). The Hall–Kier alpha value is -1.06. The highest BCUT2D eigenvalue weighted by molar-refractivity contribution is 6.31. The molecule has 3 nitrogen and oxygen atoms in total. The van der Waals surface area contributed by atoms with Gasteiger partial charge in [-0.15, -0.1) is 0 Å². The molecule has 0 aliphatic carbocycles. The highest BCUT2D eigenvalue weighted by Gasteiger charge is 2.20. The third-order valence-electron chi connectivity index (χ3n) is 3.07. The lowest BCUT2D eigenvalue weighted by molar-refractivity contribution is -0.118. The zero-order valence-corrected chi connectivity index (χ0v) is 10.7. The SMILES string of the molecule is Cc1ccc(NC(=O)C2CCCCN2)cc1Cl. The second-order valence-corrected chi connectivity index (χ2v) is 4.86. The van der Waals surface area contributed by atoms with Gasteiger partial charge in [0.05, 0.1) is 6.04 Å². The Labute approximate surface area is 107 Å². The predicted octanol–water partition coefficient (Wildman–Crippen LogP) is 2.73. The summed E-state index contributed by atoms with van der Waals surface area (Å²) in [5.74, 6) is 0.0321. The number of nitrogens with one attached hydrogen (secondary N) is 2. The van der Waals surface area contributed by atoms with E-state index in [1.165, 1.54) is 0 Å². The number of amides is 1. The topological polar surface area (TPSA) is 41.1 Å². The van der Waals surface area contributed by atoms with Crippen LogP contribution in [0.15, 0.2) is 18.2 Å². The van der Waals surface area contributed by atoms with Crippen molar-refractivity contribution in [2.75, 3.05) is 11.9 Å². The van der Waals surface area contributed by atoms with E-state index in [2.05, 4.69) is 10.6 Å². The minimum atomic E-state index is -0.0659. The van der Waals surface area contributed by atoms with E-state index >= 15 is 0 Å². The van der Waals surface area contributed by atoms with E-state index < -0.39 is 0 Å². The maximum Gasteiger partial charge on any atom is 0.241 e. The summed E-state index contributed by atoms with van der Waals surface area (Å²) < 4.78 is 0. The smallest absolute Gasteiger partial charge is 0.241 e. The van der Waals surface area contributed by atoms with Crippen LogP contribution in [0.5, 0.6) is 0 Å². The number of hydrogen-bond donors (Lipinski definition) is 2. The number of benzene rings is 1. The van der Waals surface area contributed by atoms with Crippen LogP contribution in [-0.4, -0.2) is 18.5 Å². The summed E-state index contributed by atoms with van der Waals surface area (Å²) in [6.45, 7) is 2.86. The Bertz CT molecular complexity index is 414. The molecule has 0 radical (unpaired) electrons. The number of carbonyl (C=O) groups excluding carboxylic acids is 1. The molecular weight excluding hydrogens is 236 g/mol. The number of aryl methyl sites for hydroxylation is 1. The van der Waals surface area contributed by atoms with Gasteiger partial charge in [-0.25, -0.2) is 0 Å². The molecule has 1 aromatic carbocycles. The molecule has 92 valence electrons. The van der Waals surface area contributed by atoms with Crippen LogP contribution in [-0.2, 0) is 4.79 Å². The molecule has 1 aliphatic heterocycles. The lowest BCUT2D eigenvalue weighted by Crippen LogP contribution is -2.43. The summed E-state index contributed by atoms with van der Waals surface area (Å²) in [6.07, 6.45) is 3.17. The van der Waals surface area contributed by atoms with Crippen LogP contribution in [0.3, 0.4) is 0 Å². The summed E-state index contributed by atoms with van der Waals surface area (Å²) in [4.78, 5) is 11.9. The number of halogens is 1. The first-order valence-electron chi connectivity index (χ1n) is 5.97. The van der Waals surface area contributed by atoms with E-state index in [9.17, 15) is 4.79 Å². The van der Waals surface area contributed by atoms with Crippen molar-refractivity contribution in [2.24, 2.45) is 0 Å². The van der Waals surface area contributed by atoms with Crippen molar-refractivity contribution < 1.29 is 4.79 Å². The Morgan fingerprint density at radius 1 is 1.47 bits per heavy atom. The fourth-order valence-electron chi connectivity index (χ4n) is 1.98. The third kappa shape index (κ3) is 3.20. The molecule has 1 fully saturated rings. The second kappa shape index (κ2) is 5.52. The van der Waals surface area contributed by atoms with Crippen LogP contribution in [0.4, 0.5) is 5.69 Å². The number of piperidine rings is 1. The molecule has 0 aromatic heterocycles. The number of carbonyl (C=O) groups is 1. The van der Waals surface area contributed by atoms with E-state index in [1.54, 1.807) is 6.07 Å². The average Bonchev–Trinajstić information content (AvgIpc) is 2.35. The van der Waals surface area contributed by atoms with Gasteiger partial charge in [-0.05, 0) is 44.0 Å². The predicted molar refractivity (Wildman–Crippen MR) is 70.5 cm³/mol. The number of anilines is 1. The summed E-state index contributed by atoms with van der Waals surface area (Å²) in [5, 5.41) is 6.79. The fraction of sp³-hybridized carbons (Fsp3) is 0.462. The van der Waals surface area contributed by atoms with E-state index in [1.807, 2.05) is 19.1 Å². The zero-order valence-electron chi connectivity index (χ0n) is 9.92. The molecule has 0 spiro atoms. The highest BCUT2D eigenvalue weighted by atomic mass is 35.5. The molecule has 1 aliphatic rings. The quantitative estimate of drug-likeness (QED) is 0.850. The van der Waals surface area contributed by atoms with Crippen LogP contribution in [0.25, 0.3) is 0 Å². The van der Waals surface area contributed by atoms with Gasteiger partial charge in [0.1, 0.15) is 0 Å². The lowest BCUT2D eigenvalue weighted by atomic mass is 10.0. The third-order valence-corrected chi connectivity index (χ3v) is 3.47. The summed E-state index contributed by atoms with van der Waals surface area (Å²) in [5.41, 5.74) is 1.78. The van der Waals surface area contributed by atoms with Crippen molar-refractivity contribution in [3.05, 3.63) is 28.8 Å². The van der Waals surface area contributed by atoms with Crippen LogP contribution >= 0.6 is 11.6 Å². The molecule has 2 N–H and O–H groups in total. The first-order valence-corrected chi connectivity index (χ1v) is 6.35. The van der Waals surface area contributed by atoms with Gasteiger partial charge in [0.25, 0.3) is 0 Å². The molecule has 1 saturated heterocycles. The van der Waals surface area contributed by atoms with Crippen molar-refractivity contribution in [1.29, 1.82) is 0 Å². The monoisotopic (exact) mass is 252 g/mol. The molecule has 17 heavy (non-hydrogen) atoms. The van der Waals surface area contributed by atoms with Crippen molar-refractivity contribution in [3.63, 3.8) is 0 Å². The molecule has 2 rings (SSSR count). The van der Waals surface area contributed by atoms with Gasteiger partial charge in [0, 0.05) is 10.7 Å². The van der Waals surface area contributed by atoms with Crippen molar-refractivity contribution in [3.8, 4) is 0 Å². The number of hydrogen-bond acceptors (Lipinski definition) is 2. The van der Waals surface area contributed by atoms with Gasteiger partial charge in [0.2, 0.25) is 5.91 Å². The molecule has 0 bridgehead atoms. The fourth-order valence-corrected chi connectivity index (χ4v) is 2.16. The van der Waals surface area contributed by atoms with Crippen molar-refractivity contribution in [2.45, 2.75) is 32.2 Å². The molecule has 1 heterocycles. The largest absolute Gasteiger partial charge is 0.325 e. The zero-order chi connectivity index (χ0) is 12.3. The first kappa shape index (κ1) is 12.4. The summed E-state index contributed by atoms with van der Waals surface area (Å²) in [6, 6.07) is 5.51. The van der Waals surface area contributed by atoms with Gasteiger partial charge >= 0.3 is 0 Å². The van der Waals surface area contributed by atoms with E-state index in [-0.39, 0.29) is 11.9 Å². The maximum atomic E-state index is 11.9. The van der Waals surface area contributed by atoms with E-state index in [4.69, 9.17) is 11.6 Å². The Balaban J connectivity index is 1.99. The summed E-state index contributed by atoms with van der Waals surface area (Å²) in [7, 11) is 0. The van der Waals surface area contributed by atoms with Crippen LogP contribution < -0.4 is 10.6 Å². The van der Waals surface area contributed by atoms with Crippen molar-refractivity contribution in [1.82, 2.24) is 5.32 Å². The maximum absolute atomic E-state index is 11.9. The molecular formula is C13H17ClN2O. The average molecular weight is 253 g/mol. The Kier molecular flexibility index (Phi) is 4.02. The van der Waals surface area contributed by atoms with Crippen molar-refractivity contribution >= 4 is 23.2 Å². The van der Waals surface area contributed by atoms with Gasteiger partial charge in [-0.2, -0.15) is 0 Å². The molecule has 1 amide bonds. The normalized spacial score (nSPS) is 20.0. The summed E-state index contributed by atoms with van der Waals surface area (Å²) >= 11 is 6.02. The van der Waals surface area contributed by atoms with Gasteiger partial charge in [0.15, 0.2) is 0 Å². The molecule has 1 aromatic rings. The molecule has 0 saturated carbocycles. The Morgan fingerprint density at radius 2 is 2.29 bits per heavy atom. The molecule has 4 heteroatoms. The van der Waals surface area contributed by atoms with Crippen LogP contribution in [0.1, 0.15) is 24.8 Å². The van der Waals surface area contributed by atoms with Crippen LogP contribution in [0.2, 0.25) is 5.02 Å². The Morgan fingerprint density at radius 3 is 2.94 bits per heavy atom. The van der Waals surface area contributed by atoms with E-state index in [0.717, 1.165) is 37.1 Å². The van der Waals surface area contributed by atoms with Gasteiger partial charge in [-0.1, -0.05) is 24.1 Å². The van der Waals surface area contributed by atoms with Gasteiger partial charge in [-0.3, -0.25) is 4.79 Å². The van der Waals surface area contributed by atoms with E-state index in [0.29, 0.717) is 5.02 Å².